The van der Waals surface area contributed by atoms with Crippen molar-refractivity contribution >= 4 is 29.9 Å². The standard InChI is InChI=1S/C21H25FN4O2.HI/c1-23-20(26-10-8-21(14-26)9-11-27-15-21)25-13-16-2-7-19(24-12-16)28-18-5-3-17(22)4-6-18;/h2-7,12H,8-11,13-15H2,1H3,(H,23,25);1H. The van der Waals surface area contributed by atoms with Gasteiger partial charge >= 0.3 is 0 Å². The van der Waals surface area contributed by atoms with Gasteiger partial charge in [0.25, 0.3) is 0 Å². The van der Waals surface area contributed by atoms with Crippen LogP contribution in [0, 0.1) is 11.2 Å². The van der Waals surface area contributed by atoms with Gasteiger partial charge in [0.05, 0.1) is 6.61 Å². The second-order valence-corrected chi connectivity index (χ2v) is 7.44. The lowest BCUT2D eigenvalue weighted by Crippen LogP contribution is -2.41. The number of benzene rings is 1. The summed E-state index contributed by atoms with van der Waals surface area (Å²) in [5.41, 5.74) is 1.34. The highest BCUT2D eigenvalue weighted by Crippen LogP contribution is 2.38. The Kier molecular flexibility index (Phi) is 7.28. The van der Waals surface area contributed by atoms with Gasteiger partial charge in [-0.1, -0.05) is 6.07 Å². The highest BCUT2D eigenvalue weighted by Gasteiger charge is 2.42. The van der Waals surface area contributed by atoms with Crippen LogP contribution in [0.2, 0.25) is 0 Å². The Morgan fingerprint density at radius 3 is 2.76 bits per heavy atom. The fraction of sp³-hybridized carbons (Fsp3) is 0.429. The maximum atomic E-state index is 13.0. The fourth-order valence-electron chi connectivity index (χ4n) is 3.80. The third-order valence-corrected chi connectivity index (χ3v) is 5.42. The van der Waals surface area contributed by atoms with Gasteiger partial charge < -0.3 is 19.7 Å². The molecule has 2 aliphatic rings. The van der Waals surface area contributed by atoms with E-state index in [1.165, 1.54) is 12.1 Å². The number of likely N-dealkylation sites (tertiary alicyclic amines) is 1. The van der Waals surface area contributed by atoms with Gasteiger partial charge in [-0.05, 0) is 42.7 Å². The summed E-state index contributed by atoms with van der Waals surface area (Å²) in [4.78, 5) is 11.1. The third-order valence-electron chi connectivity index (χ3n) is 5.42. The van der Waals surface area contributed by atoms with E-state index in [0.717, 1.165) is 50.7 Å². The van der Waals surface area contributed by atoms with Gasteiger partial charge in [0.1, 0.15) is 11.6 Å². The average molecular weight is 512 g/mol. The number of rotatable bonds is 4. The molecule has 0 saturated carbocycles. The summed E-state index contributed by atoms with van der Waals surface area (Å²) >= 11 is 0. The van der Waals surface area contributed by atoms with E-state index < -0.39 is 0 Å². The lowest BCUT2D eigenvalue weighted by atomic mass is 9.87. The van der Waals surface area contributed by atoms with Crippen LogP contribution in [0.1, 0.15) is 18.4 Å². The first-order chi connectivity index (χ1) is 13.7. The molecule has 1 atom stereocenters. The van der Waals surface area contributed by atoms with Gasteiger partial charge in [-0.15, -0.1) is 24.0 Å². The summed E-state index contributed by atoms with van der Waals surface area (Å²) in [6.45, 7) is 4.37. The number of aromatic nitrogens is 1. The molecule has 4 rings (SSSR count). The van der Waals surface area contributed by atoms with Crippen LogP contribution in [-0.2, 0) is 11.3 Å². The van der Waals surface area contributed by atoms with Crippen LogP contribution in [-0.4, -0.2) is 49.2 Å². The first-order valence-corrected chi connectivity index (χ1v) is 9.58. The van der Waals surface area contributed by atoms with Crippen LogP contribution in [0.4, 0.5) is 4.39 Å². The summed E-state index contributed by atoms with van der Waals surface area (Å²) in [5, 5.41) is 3.42. The normalized spacial score (nSPS) is 21.3. The van der Waals surface area contributed by atoms with Crippen molar-refractivity contribution in [3.05, 3.63) is 54.0 Å². The second kappa shape index (κ2) is 9.71. The fourth-order valence-corrected chi connectivity index (χ4v) is 3.80. The monoisotopic (exact) mass is 512 g/mol. The van der Waals surface area contributed by atoms with Gasteiger partial charge in [0.2, 0.25) is 5.88 Å². The lowest BCUT2D eigenvalue weighted by Gasteiger charge is -2.25. The van der Waals surface area contributed by atoms with Crippen LogP contribution in [0.15, 0.2) is 47.6 Å². The minimum atomic E-state index is -0.292. The van der Waals surface area contributed by atoms with E-state index in [2.05, 4.69) is 20.2 Å². The number of nitrogens with zero attached hydrogens (tertiary/aromatic N) is 3. The van der Waals surface area contributed by atoms with Crippen LogP contribution >= 0.6 is 24.0 Å². The summed E-state index contributed by atoms with van der Waals surface area (Å²) in [7, 11) is 1.82. The Labute approximate surface area is 187 Å². The Morgan fingerprint density at radius 2 is 2.10 bits per heavy atom. The predicted molar refractivity (Wildman–Crippen MR) is 120 cm³/mol. The smallest absolute Gasteiger partial charge is 0.219 e. The highest BCUT2D eigenvalue weighted by molar-refractivity contribution is 14.0. The Hall–Kier alpha value is -1.94. The predicted octanol–water partition coefficient (Wildman–Crippen LogP) is 3.82. The average Bonchev–Trinajstić information content (AvgIpc) is 3.35. The molecular formula is C21H26FIN4O2. The maximum Gasteiger partial charge on any atom is 0.219 e. The van der Waals surface area contributed by atoms with Crippen molar-refractivity contribution in [2.45, 2.75) is 19.4 Å². The van der Waals surface area contributed by atoms with E-state index in [9.17, 15) is 4.39 Å². The van der Waals surface area contributed by atoms with Gasteiger partial charge in [0, 0.05) is 51.0 Å². The molecule has 1 spiro atoms. The summed E-state index contributed by atoms with van der Waals surface area (Å²) in [6, 6.07) is 9.65. The van der Waals surface area contributed by atoms with E-state index in [-0.39, 0.29) is 29.8 Å². The number of guanidine groups is 1. The molecule has 0 amide bonds. The number of hydrogen-bond acceptors (Lipinski definition) is 4. The molecule has 2 aliphatic heterocycles. The molecular weight excluding hydrogens is 486 g/mol. The molecule has 1 aromatic heterocycles. The Balaban J connectivity index is 0.00000240. The minimum absolute atomic E-state index is 0. The summed E-state index contributed by atoms with van der Waals surface area (Å²) < 4.78 is 24.2. The summed E-state index contributed by atoms with van der Waals surface area (Å²) in [6.07, 6.45) is 4.07. The summed E-state index contributed by atoms with van der Waals surface area (Å²) in [5.74, 6) is 1.65. The number of halogens is 2. The first-order valence-electron chi connectivity index (χ1n) is 9.58. The van der Waals surface area contributed by atoms with E-state index in [1.807, 2.05) is 19.2 Å². The van der Waals surface area contributed by atoms with Crippen molar-refractivity contribution in [3.63, 3.8) is 0 Å². The van der Waals surface area contributed by atoms with Crippen molar-refractivity contribution < 1.29 is 13.9 Å². The van der Waals surface area contributed by atoms with Crippen molar-refractivity contribution in [3.8, 4) is 11.6 Å². The highest BCUT2D eigenvalue weighted by atomic mass is 127. The molecule has 0 bridgehead atoms. The molecule has 29 heavy (non-hydrogen) atoms. The van der Waals surface area contributed by atoms with Crippen molar-refractivity contribution in [1.29, 1.82) is 0 Å². The molecule has 8 heteroatoms. The number of nitrogens with one attached hydrogen (secondary N) is 1. The van der Waals surface area contributed by atoms with Crippen LogP contribution in [0.25, 0.3) is 0 Å². The van der Waals surface area contributed by atoms with Crippen LogP contribution < -0.4 is 10.1 Å². The van der Waals surface area contributed by atoms with E-state index >= 15 is 0 Å². The van der Waals surface area contributed by atoms with Crippen LogP contribution in [0.5, 0.6) is 11.6 Å². The Bertz CT molecular complexity index is 824. The molecule has 2 saturated heterocycles. The van der Waals surface area contributed by atoms with E-state index in [0.29, 0.717) is 23.6 Å². The second-order valence-electron chi connectivity index (χ2n) is 7.44. The topological polar surface area (TPSA) is 59.0 Å². The molecule has 0 aliphatic carbocycles. The van der Waals surface area contributed by atoms with E-state index in [4.69, 9.17) is 9.47 Å². The zero-order valence-corrected chi connectivity index (χ0v) is 18.8. The molecule has 2 fully saturated rings. The number of hydrogen-bond donors (Lipinski definition) is 1. The largest absolute Gasteiger partial charge is 0.439 e. The van der Waals surface area contributed by atoms with Crippen molar-refractivity contribution in [1.82, 2.24) is 15.2 Å². The minimum Gasteiger partial charge on any atom is -0.439 e. The van der Waals surface area contributed by atoms with Crippen LogP contribution in [0.3, 0.4) is 0 Å². The molecule has 1 N–H and O–H groups in total. The van der Waals surface area contributed by atoms with Crippen molar-refractivity contribution in [2.24, 2.45) is 10.4 Å². The zero-order chi connectivity index (χ0) is 19.4. The Morgan fingerprint density at radius 1 is 1.28 bits per heavy atom. The third kappa shape index (κ3) is 5.36. The SMILES string of the molecule is CN=C(NCc1ccc(Oc2ccc(F)cc2)nc1)N1CCC2(CCOC2)C1.I. The molecule has 0 radical (unpaired) electrons. The van der Waals surface area contributed by atoms with Gasteiger partial charge in [-0.2, -0.15) is 0 Å². The molecule has 2 aromatic rings. The number of ether oxygens (including phenoxy) is 2. The van der Waals surface area contributed by atoms with Crippen molar-refractivity contribution in [2.75, 3.05) is 33.4 Å². The molecule has 1 unspecified atom stereocenters. The first kappa shape index (κ1) is 21.8. The number of aliphatic imine (C=N–C) groups is 1. The molecule has 6 nitrogen and oxygen atoms in total. The molecule has 3 heterocycles. The molecule has 156 valence electrons. The zero-order valence-electron chi connectivity index (χ0n) is 16.4. The maximum absolute atomic E-state index is 13.0. The lowest BCUT2D eigenvalue weighted by molar-refractivity contribution is 0.156. The van der Waals surface area contributed by atoms with E-state index in [1.54, 1.807) is 18.3 Å². The van der Waals surface area contributed by atoms with Gasteiger partial charge in [0.15, 0.2) is 5.96 Å². The van der Waals surface area contributed by atoms with Gasteiger partial charge in [-0.3, -0.25) is 4.99 Å². The number of pyridine rings is 1. The quantitative estimate of drug-likeness (QED) is 0.384. The molecule has 1 aromatic carbocycles. The van der Waals surface area contributed by atoms with Gasteiger partial charge in [-0.25, -0.2) is 9.37 Å².